The molecule has 2 saturated heterocycles. The largest absolute Gasteiger partial charge is 0.497 e. The maximum Gasteiger partial charge on any atom is 0.254 e. The molecule has 2 fully saturated rings. The highest BCUT2D eigenvalue weighted by Crippen LogP contribution is 2.40. The number of amides is 2. The van der Waals surface area contributed by atoms with Gasteiger partial charge in [-0.2, -0.15) is 0 Å². The Morgan fingerprint density at radius 1 is 0.907 bits per heavy atom. The third kappa shape index (κ3) is 6.55. The molecule has 0 aromatic heterocycles. The van der Waals surface area contributed by atoms with E-state index >= 15 is 0 Å². The topological polar surface area (TPSA) is 62.3 Å². The van der Waals surface area contributed by atoms with Gasteiger partial charge in [-0.05, 0) is 79.9 Å². The number of likely N-dealkylation sites (N-methyl/N-ethyl adjacent to an activating group) is 1. The SMILES string of the molecule is COc1ccc(C(=O)N2CCOC(CCN3CCC(C(=O)N(C)C)(c4ccccc4)CC3)(c3ccc(Cl)c(Cl)c3)C2)cc1. The van der Waals surface area contributed by atoms with Crippen LogP contribution >= 0.6 is 23.2 Å². The van der Waals surface area contributed by atoms with Crippen molar-refractivity contribution in [1.29, 1.82) is 0 Å². The summed E-state index contributed by atoms with van der Waals surface area (Å²) in [5.41, 5.74) is 1.27. The van der Waals surface area contributed by atoms with Crippen LogP contribution in [0.4, 0.5) is 0 Å². The summed E-state index contributed by atoms with van der Waals surface area (Å²) in [4.78, 5) is 33.1. The lowest BCUT2D eigenvalue weighted by atomic mass is 9.71. The van der Waals surface area contributed by atoms with Crippen LogP contribution in [-0.2, 0) is 20.5 Å². The Morgan fingerprint density at radius 2 is 1.60 bits per heavy atom. The van der Waals surface area contributed by atoms with E-state index in [1.54, 1.807) is 42.3 Å². The van der Waals surface area contributed by atoms with Gasteiger partial charge in [0.1, 0.15) is 11.4 Å². The Hall–Kier alpha value is -3.10. The van der Waals surface area contributed by atoms with Gasteiger partial charge >= 0.3 is 0 Å². The predicted molar refractivity (Wildman–Crippen MR) is 170 cm³/mol. The van der Waals surface area contributed by atoms with Crippen LogP contribution in [0.25, 0.3) is 0 Å². The van der Waals surface area contributed by atoms with Crippen molar-refractivity contribution in [2.24, 2.45) is 0 Å². The molecule has 228 valence electrons. The van der Waals surface area contributed by atoms with E-state index in [-0.39, 0.29) is 11.8 Å². The number of hydrogen-bond acceptors (Lipinski definition) is 5. The fourth-order valence-corrected chi connectivity index (χ4v) is 6.73. The number of rotatable bonds is 8. The van der Waals surface area contributed by atoms with Crippen molar-refractivity contribution in [2.75, 3.05) is 60.5 Å². The van der Waals surface area contributed by atoms with Crippen LogP contribution in [0.3, 0.4) is 0 Å². The number of benzene rings is 3. The van der Waals surface area contributed by atoms with Gasteiger partial charge in [0.2, 0.25) is 5.91 Å². The number of carbonyl (C=O) groups is 2. The summed E-state index contributed by atoms with van der Waals surface area (Å²) in [6, 6.07) is 22.9. The molecule has 0 N–H and O–H groups in total. The minimum Gasteiger partial charge on any atom is -0.497 e. The van der Waals surface area contributed by atoms with Crippen molar-refractivity contribution in [2.45, 2.75) is 30.3 Å². The molecule has 0 saturated carbocycles. The van der Waals surface area contributed by atoms with Crippen molar-refractivity contribution in [1.82, 2.24) is 14.7 Å². The highest BCUT2D eigenvalue weighted by Gasteiger charge is 2.45. The Bertz CT molecular complexity index is 1430. The van der Waals surface area contributed by atoms with Crippen molar-refractivity contribution < 1.29 is 19.1 Å². The molecule has 5 rings (SSSR count). The van der Waals surface area contributed by atoms with E-state index in [0.29, 0.717) is 47.5 Å². The molecule has 2 amide bonds. The Balaban J connectivity index is 1.36. The first-order chi connectivity index (χ1) is 20.7. The molecule has 3 aromatic carbocycles. The Morgan fingerprint density at radius 3 is 2.23 bits per heavy atom. The molecular weight excluding hydrogens is 585 g/mol. The van der Waals surface area contributed by atoms with Gasteiger partial charge in [-0.25, -0.2) is 0 Å². The van der Waals surface area contributed by atoms with Gasteiger partial charge in [0.05, 0.1) is 35.7 Å². The molecule has 2 aliphatic rings. The fourth-order valence-electron chi connectivity index (χ4n) is 6.43. The lowest BCUT2D eigenvalue weighted by Crippen LogP contribution is -2.54. The van der Waals surface area contributed by atoms with E-state index in [1.165, 1.54) is 0 Å². The number of morpholine rings is 1. The molecule has 0 spiro atoms. The van der Waals surface area contributed by atoms with Gasteiger partial charge in [0.25, 0.3) is 5.91 Å². The van der Waals surface area contributed by atoms with Crippen LogP contribution in [0, 0.1) is 0 Å². The van der Waals surface area contributed by atoms with Gasteiger partial charge in [0, 0.05) is 32.7 Å². The average molecular weight is 625 g/mol. The molecule has 0 aliphatic carbocycles. The zero-order valence-corrected chi connectivity index (χ0v) is 26.5. The monoisotopic (exact) mass is 623 g/mol. The van der Waals surface area contributed by atoms with E-state index in [2.05, 4.69) is 17.0 Å². The quantitative estimate of drug-likeness (QED) is 0.313. The molecule has 1 atom stereocenters. The summed E-state index contributed by atoms with van der Waals surface area (Å²) in [5.74, 6) is 0.797. The molecule has 2 aliphatic heterocycles. The van der Waals surface area contributed by atoms with Crippen LogP contribution < -0.4 is 4.74 Å². The fraction of sp³-hybridized carbons (Fsp3) is 0.412. The predicted octanol–water partition coefficient (Wildman–Crippen LogP) is 5.88. The van der Waals surface area contributed by atoms with Gasteiger partial charge in [-0.15, -0.1) is 0 Å². The molecule has 1 unspecified atom stereocenters. The first-order valence-electron chi connectivity index (χ1n) is 14.7. The van der Waals surface area contributed by atoms with Crippen molar-refractivity contribution >= 4 is 35.0 Å². The molecular formula is C34H39Cl2N3O4. The number of piperidine rings is 1. The lowest BCUT2D eigenvalue weighted by molar-refractivity contribution is -0.137. The van der Waals surface area contributed by atoms with Crippen molar-refractivity contribution in [3.8, 4) is 5.75 Å². The first kappa shape index (κ1) is 31.3. The van der Waals surface area contributed by atoms with Crippen molar-refractivity contribution in [3.63, 3.8) is 0 Å². The standard InChI is InChI=1S/C34H39Cl2N3O4/c1-37(2)32(41)33(26-7-5-4-6-8-26)15-18-38(19-16-33)20-17-34(27-11-14-29(35)30(36)23-27)24-39(21-22-43-34)31(40)25-9-12-28(42-3)13-10-25/h4-14,23H,15-22,24H2,1-3H3. The lowest BCUT2D eigenvalue weighted by Gasteiger charge is -2.46. The normalized spacial score (nSPS) is 20.4. The summed E-state index contributed by atoms with van der Waals surface area (Å²) < 4.78 is 11.8. The summed E-state index contributed by atoms with van der Waals surface area (Å²) in [6.07, 6.45) is 2.12. The second kappa shape index (κ2) is 13.3. The molecule has 2 heterocycles. The number of nitrogens with zero attached hydrogens (tertiary/aromatic N) is 3. The summed E-state index contributed by atoms with van der Waals surface area (Å²) in [7, 11) is 5.27. The smallest absolute Gasteiger partial charge is 0.254 e. The average Bonchev–Trinajstić information content (AvgIpc) is 3.05. The number of likely N-dealkylation sites (tertiary alicyclic amines) is 1. The van der Waals surface area contributed by atoms with Crippen LogP contribution in [0.1, 0.15) is 40.7 Å². The Kier molecular flexibility index (Phi) is 9.67. The third-order valence-corrected chi connectivity index (χ3v) is 9.68. The van der Waals surface area contributed by atoms with Gasteiger partial charge in [0.15, 0.2) is 0 Å². The highest BCUT2D eigenvalue weighted by molar-refractivity contribution is 6.42. The van der Waals surface area contributed by atoms with E-state index in [4.69, 9.17) is 32.7 Å². The number of carbonyl (C=O) groups excluding carboxylic acids is 2. The van der Waals surface area contributed by atoms with Crippen LogP contribution in [0.15, 0.2) is 72.8 Å². The first-order valence-corrected chi connectivity index (χ1v) is 15.5. The van der Waals surface area contributed by atoms with E-state index in [0.717, 1.165) is 43.6 Å². The molecule has 0 radical (unpaired) electrons. The maximum absolute atomic E-state index is 13.6. The molecule has 0 bridgehead atoms. The second-order valence-corrected chi connectivity index (χ2v) is 12.5. The second-order valence-electron chi connectivity index (χ2n) is 11.7. The van der Waals surface area contributed by atoms with E-state index < -0.39 is 11.0 Å². The zero-order chi connectivity index (χ0) is 30.6. The summed E-state index contributed by atoms with van der Waals surface area (Å²) >= 11 is 12.8. The molecule has 7 nitrogen and oxygen atoms in total. The minimum absolute atomic E-state index is 0.0526. The van der Waals surface area contributed by atoms with Crippen LogP contribution in [0.2, 0.25) is 10.0 Å². The summed E-state index contributed by atoms with van der Waals surface area (Å²) in [5, 5.41) is 0.926. The molecule has 3 aromatic rings. The molecule has 9 heteroatoms. The minimum atomic E-state index is -0.762. The maximum atomic E-state index is 13.6. The van der Waals surface area contributed by atoms with Gasteiger partial charge < -0.3 is 24.2 Å². The van der Waals surface area contributed by atoms with Gasteiger partial charge in [-0.3, -0.25) is 9.59 Å². The van der Waals surface area contributed by atoms with Crippen LogP contribution in [0.5, 0.6) is 5.75 Å². The Labute approximate surface area is 264 Å². The van der Waals surface area contributed by atoms with Crippen molar-refractivity contribution in [3.05, 3.63) is 99.5 Å². The third-order valence-electron chi connectivity index (χ3n) is 8.94. The number of hydrogen-bond donors (Lipinski definition) is 0. The number of methoxy groups -OCH3 is 1. The van der Waals surface area contributed by atoms with E-state index in [9.17, 15) is 9.59 Å². The number of ether oxygens (including phenoxy) is 2. The van der Waals surface area contributed by atoms with Gasteiger partial charge in [-0.1, -0.05) is 59.6 Å². The number of halogens is 2. The zero-order valence-electron chi connectivity index (χ0n) is 25.0. The summed E-state index contributed by atoms with van der Waals surface area (Å²) in [6.45, 7) is 3.57. The van der Waals surface area contributed by atoms with Crippen LogP contribution in [-0.4, -0.2) is 87.0 Å². The van der Waals surface area contributed by atoms with E-state index in [1.807, 2.05) is 49.3 Å². The molecule has 43 heavy (non-hydrogen) atoms. The highest BCUT2D eigenvalue weighted by atomic mass is 35.5.